The number of hydrogen-bond acceptors (Lipinski definition) is 2. The summed E-state index contributed by atoms with van der Waals surface area (Å²) in [6, 6.07) is 8.95. The molecule has 2 N–H and O–H groups in total. The van der Waals surface area contributed by atoms with E-state index in [4.69, 9.17) is 0 Å². The molecule has 98 valence electrons. The molecule has 0 spiro atoms. The largest absolute Gasteiger partial charge is 0.506 e. The number of carbonyl (C=O) groups is 1. The molecule has 0 aliphatic heterocycles. The predicted molar refractivity (Wildman–Crippen MR) is 71.9 cm³/mol. The van der Waals surface area contributed by atoms with Gasteiger partial charge in [0.1, 0.15) is 11.6 Å². The maximum atomic E-state index is 13.1. The molecule has 3 nitrogen and oxygen atoms in total. The Labute approximate surface area is 110 Å². The zero-order valence-electron chi connectivity index (χ0n) is 10.7. The first-order valence-electron chi connectivity index (χ1n) is 5.84. The lowest BCUT2D eigenvalue weighted by Crippen LogP contribution is -2.13. The van der Waals surface area contributed by atoms with Crippen LogP contribution in [0, 0.1) is 19.7 Å². The van der Waals surface area contributed by atoms with E-state index >= 15 is 0 Å². The number of nitrogens with one attached hydrogen (secondary N) is 1. The van der Waals surface area contributed by atoms with E-state index in [0.29, 0.717) is 11.3 Å². The fourth-order valence-electron chi connectivity index (χ4n) is 1.78. The van der Waals surface area contributed by atoms with E-state index in [1.165, 1.54) is 12.1 Å². The summed E-state index contributed by atoms with van der Waals surface area (Å²) in [5, 5.41) is 12.3. The van der Waals surface area contributed by atoms with E-state index in [1.54, 1.807) is 31.2 Å². The van der Waals surface area contributed by atoms with E-state index in [2.05, 4.69) is 5.32 Å². The van der Waals surface area contributed by atoms with Crippen LogP contribution in [0.4, 0.5) is 10.1 Å². The highest BCUT2D eigenvalue weighted by molar-refractivity contribution is 6.05. The second-order valence-corrected chi connectivity index (χ2v) is 4.43. The van der Waals surface area contributed by atoms with Crippen LogP contribution in [0.5, 0.6) is 5.75 Å². The van der Waals surface area contributed by atoms with Crippen molar-refractivity contribution in [2.24, 2.45) is 0 Å². The molecule has 0 atom stereocenters. The maximum Gasteiger partial charge on any atom is 0.256 e. The highest BCUT2D eigenvalue weighted by atomic mass is 19.1. The number of aryl methyl sites for hydroxylation is 2. The third-order valence-corrected chi connectivity index (χ3v) is 2.85. The summed E-state index contributed by atoms with van der Waals surface area (Å²) in [6.45, 7) is 3.56. The highest BCUT2D eigenvalue weighted by Gasteiger charge is 2.12. The lowest BCUT2D eigenvalue weighted by atomic mass is 10.1. The molecule has 0 fully saturated rings. The standard InChI is InChI=1S/C15H14FNO2/c1-9-3-6-13(14(18)7-9)17-15(19)12-8-11(16)5-4-10(12)2/h3-8,18H,1-2H3,(H,17,19). The molecule has 0 aliphatic rings. The average Bonchev–Trinajstić information content (AvgIpc) is 2.35. The summed E-state index contributed by atoms with van der Waals surface area (Å²) in [7, 11) is 0. The van der Waals surface area contributed by atoms with Gasteiger partial charge in [-0.1, -0.05) is 12.1 Å². The number of carbonyl (C=O) groups excluding carboxylic acids is 1. The average molecular weight is 259 g/mol. The van der Waals surface area contributed by atoms with Crippen LogP contribution in [0.3, 0.4) is 0 Å². The monoisotopic (exact) mass is 259 g/mol. The zero-order chi connectivity index (χ0) is 14.0. The van der Waals surface area contributed by atoms with Gasteiger partial charge in [-0.3, -0.25) is 4.79 Å². The van der Waals surface area contributed by atoms with Crippen molar-refractivity contribution in [2.75, 3.05) is 5.32 Å². The minimum atomic E-state index is -0.469. The fraction of sp³-hybridized carbons (Fsp3) is 0.133. The van der Waals surface area contributed by atoms with Gasteiger partial charge in [0.15, 0.2) is 0 Å². The summed E-state index contributed by atoms with van der Waals surface area (Å²) in [5.41, 5.74) is 2.11. The number of phenols is 1. The van der Waals surface area contributed by atoms with Gasteiger partial charge in [-0.2, -0.15) is 0 Å². The van der Waals surface area contributed by atoms with Gasteiger partial charge in [0, 0.05) is 5.56 Å². The molecule has 0 aliphatic carbocycles. The molecule has 2 aromatic carbocycles. The van der Waals surface area contributed by atoms with Gasteiger partial charge in [0.25, 0.3) is 5.91 Å². The summed E-state index contributed by atoms with van der Waals surface area (Å²) in [4.78, 5) is 12.0. The normalized spacial score (nSPS) is 10.3. The van der Waals surface area contributed by atoms with E-state index in [-0.39, 0.29) is 11.3 Å². The maximum absolute atomic E-state index is 13.1. The van der Waals surface area contributed by atoms with Crippen molar-refractivity contribution in [1.29, 1.82) is 0 Å². The van der Waals surface area contributed by atoms with Crippen molar-refractivity contribution in [3.8, 4) is 5.75 Å². The van der Waals surface area contributed by atoms with E-state index < -0.39 is 11.7 Å². The molecule has 1 amide bonds. The third-order valence-electron chi connectivity index (χ3n) is 2.85. The second kappa shape index (κ2) is 5.10. The molecule has 0 unspecified atom stereocenters. The molecule has 0 heterocycles. The third kappa shape index (κ3) is 2.91. The number of benzene rings is 2. The van der Waals surface area contributed by atoms with Crippen LogP contribution >= 0.6 is 0 Å². The fourth-order valence-corrected chi connectivity index (χ4v) is 1.78. The van der Waals surface area contributed by atoms with Crippen LogP contribution in [0.25, 0.3) is 0 Å². The van der Waals surface area contributed by atoms with E-state index in [1.807, 2.05) is 6.92 Å². The van der Waals surface area contributed by atoms with Gasteiger partial charge in [-0.15, -0.1) is 0 Å². The topological polar surface area (TPSA) is 49.3 Å². The van der Waals surface area contributed by atoms with Gasteiger partial charge in [0.05, 0.1) is 5.69 Å². The van der Waals surface area contributed by atoms with Crippen LogP contribution in [0.15, 0.2) is 36.4 Å². The number of phenolic OH excluding ortho intramolecular Hbond substituents is 1. The van der Waals surface area contributed by atoms with Crippen molar-refractivity contribution < 1.29 is 14.3 Å². The Bertz CT molecular complexity index is 638. The Morgan fingerprint density at radius 2 is 1.89 bits per heavy atom. The van der Waals surface area contributed by atoms with Gasteiger partial charge in [-0.25, -0.2) is 4.39 Å². The van der Waals surface area contributed by atoms with Crippen molar-refractivity contribution in [3.63, 3.8) is 0 Å². The second-order valence-electron chi connectivity index (χ2n) is 4.43. The summed E-state index contributed by atoms with van der Waals surface area (Å²) >= 11 is 0. The Morgan fingerprint density at radius 1 is 1.16 bits per heavy atom. The van der Waals surface area contributed by atoms with Crippen LogP contribution in [0.2, 0.25) is 0 Å². The summed E-state index contributed by atoms with van der Waals surface area (Å²) in [6.07, 6.45) is 0. The summed E-state index contributed by atoms with van der Waals surface area (Å²) < 4.78 is 13.1. The van der Waals surface area contributed by atoms with Crippen LogP contribution < -0.4 is 5.32 Å². The first-order chi connectivity index (χ1) is 8.97. The van der Waals surface area contributed by atoms with Gasteiger partial charge in [0.2, 0.25) is 0 Å². The molecule has 0 saturated carbocycles. The molecular formula is C15H14FNO2. The highest BCUT2D eigenvalue weighted by Crippen LogP contribution is 2.24. The molecule has 19 heavy (non-hydrogen) atoms. The quantitative estimate of drug-likeness (QED) is 0.812. The van der Waals surface area contributed by atoms with Gasteiger partial charge < -0.3 is 10.4 Å². The first-order valence-corrected chi connectivity index (χ1v) is 5.84. The summed E-state index contributed by atoms with van der Waals surface area (Å²) in [5.74, 6) is -0.928. The molecule has 0 saturated heterocycles. The van der Waals surface area contributed by atoms with Crippen molar-refractivity contribution >= 4 is 11.6 Å². The Hall–Kier alpha value is -2.36. The lowest BCUT2D eigenvalue weighted by molar-refractivity contribution is 0.102. The Balaban J connectivity index is 2.28. The molecule has 2 aromatic rings. The molecular weight excluding hydrogens is 245 g/mol. The first kappa shape index (κ1) is 13.1. The molecule has 2 rings (SSSR count). The number of hydrogen-bond donors (Lipinski definition) is 2. The van der Waals surface area contributed by atoms with E-state index in [9.17, 15) is 14.3 Å². The SMILES string of the molecule is Cc1ccc(NC(=O)c2cc(F)ccc2C)c(O)c1. The molecule has 0 aromatic heterocycles. The number of rotatable bonds is 2. The molecule has 4 heteroatoms. The zero-order valence-corrected chi connectivity index (χ0v) is 10.7. The van der Waals surface area contributed by atoms with Gasteiger partial charge >= 0.3 is 0 Å². The smallest absolute Gasteiger partial charge is 0.256 e. The van der Waals surface area contributed by atoms with Crippen molar-refractivity contribution in [2.45, 2.75) is 13.8 Å². The van der Waals surface area contributed by atoms with Crippen LogP contribution in [-0.2, 0) is 0 Å². The number of amides is 1. The number of anilines is 1. The predicted octanol–water partition coefficient (Wildman–Crippen LogP) is 3.40. The van der Waals surface area contributed by atoms with Crippen LogP contribution in [-0.4, -0.2) is 11.0 Å². The number of halogens is 1. The van der Waals surface area contributed by atoms with Crippen molar-refractivity contribution in [3.05, 3.63) is 58.9 Å². The Morgan fingerprint density at radius 3 is 2.58 bits per heavy atom. The van der Waals surface area contributed by atoms with E-state index in [0.717, 1.165) is 5.56 Å². The minimum absolute atomic E-state index is 0.0117. The lowest BCUT2D eigenvalue weighted by Gasteiger charge is -2.09. The minimum Gasteiger partial charge on any atom is -0.506 e. The molecule has 0 bridgehead atoms. The Kier molecular flexibility index (Phi) is 3.51. The number of aromatic hydroxyl groups is 1. The molecule has 0 radical (unpaired) electrons. The van der Waals surface area contributed by atoms with Crippen LogP contribution in [0.1, 0.15) is 21.5 Å². The van der Waals surface area contributed by atoms with Gasteiger partial charge in [-0.05, 0) is 49.2 Å². The van der Waals surface area contributed by atoms with Crippen molar-refractivity contribution in [1.82, 2.24) is 0 Å².